The van der Waals surface area contributed by atoms with E-state index in [4.69, 9.17) is 11.1 Å². The van der Waals surface area contributed by atoms with E-state index in [1.54, 1.807) is 0 Å². The number of amides is 1. The lowest BCUT2D eigenvalue weighted by atomic mass is 10.0. The van der Waals surface area contributed by atoms with Crippen LogP contribution >= 0.6 is 0 Å². The van der Waals surface area contributed by atoms with Crippen LogP contribution in [0.4, 0.5) is 0 Å². The third kappa shape index (κ3) is 4.92. The summed E-state index contributed by atoms with van der Waals surface area (Å²) in [6.45, 7) is 4.28. The number of aromatic nitrogens is 1. The molecule has 8 heteroatoms. The molecule has 1 unspecified atom stereocenters. The summed E-state index contributed by atoms with van der Waals surface area (Å²) < 4.78 is 2.28. The molecule has 5 rings (SSSR count). The number of aryl methyl sites for hydroxylation is 2. The summed E-state index contributed by atoms with van der Waals surface area (Å²) in [7, 11) is 0. The first-order valence-electron chi connectivity index (χ1n) is 13.7. The molecule has 2 aliphatic rings. The number of nitrogens with one attached hydrogen (secondary N) is 1. The number of carbonyl (C=O) groups excluding carboxylic acids is 1. The van der Waals surface area contributed by atoms with Gasteiger partial charge in [-0.2, -0.15) is 0 Å². The number of carboxylic acids is 1. The largest absolute Gasteiger partial charge is 0.480 e. The molecule has 4 N–H and O–H groups in total. The summed E-state index contributed by atoms with van der Waals surface area (Å²) in [5.41, 5.74) is 9.46. The third-order valence-corrected chi connectivity index (χ3v) is 8.27. The van der Waals surface area contributed by atoms with Crippen molar-refractivity contribution in [1.29, 1.82) is 5.41 Å². The molecule has 0 spiro atoms. The van der Waals surface area contributed by atoms with Gasteiger partial charge >= 0.3 is 5.97 Å². The van der Waals surface area contributed by atoms with Gasteiger partial charge in [-0.25, -0.2) is 0 Å². The van der Waals surface area contributed by atoms with Crippen molar-refractivity contribution in [2.75, 3.05) is 13.1 Å². The lowest BCUT2D eigenvalue weighted by Crippen LogP contribution is -2.49. The van der Waals surface area contributed by atoms with Gasteiger partial charge in [-0.15, -0.1) is 0 Å². The second-order valence-electron chi connectivity index (χ2n) is 10.5. The molecular weight excluding hydrogens is 478 g/mol. The van der Waals surface area contributed by atoms with Crippen LogP contribution in [0.25, 0.3) is 10.9 Å². The zero-order valence-electron chi connectivity index (χ0n) is 22.0. The number of carboxylic acid groups (broad SMARTS) is 1. The SMILES string of the molecule is CCn1c(CC[C@@H]2CCCN2C(=O)[C@H]2CCCN2C(C(=O)O)c2ccccc2)cc2ccc(C(=N)N)cc21. The van der Waals surface area contributed by atoms with Gasteiger partial charge in [-0.05, 0) is 68.5 Å². The Morgan fingerprint density at radius 2 is 1.84 bits per heavy atom. The summed E-state index contributed by atoms with van der Waals surface area (Å²) in [4.78, 5) is 30.1. The van der Waals surface area contributed by atoms with Crippen LogP contribution in [0.5, 0.6) is 0 Å². The first-order valence-corrected chi connectivity index (χ1v) is 13.7. The smallest absolute Gasteiger partial charge is 0.325 e. The molecule has 3 aromatic rings. The van der Waals surface area contributed by atoms with Crippen LogP contribution in [-0.2, 0) is 22.6 Å². The van der Waals surface area contributed by atoms with Crippen molar-refractivity contribution in [3.8, 4) is 0 Å². The molecule has 2 aromatic carbocycles. The van der Waals surface area contributed by atoms with Crippen molar-refractivity contribution < 1.29 is 14.7 Å². The standard InChI is InChI=1S/C30H37N5O3/c1-2-33-24(18-21-12-13-22(28(31)32)19-26(21)33)15-14-23-10-6-16-34(23)29(36)25-11-7-17-35(25)27(30(37)38)20-8-4-3-5-9-20/h3-5,8-9,12-13,18-19,23,25,27H,2,6-7,10-11,14-17H2,1H3,(H3,31,32)(H,37,38)/t23-,25+,27?/m0/s1. The zero-order valence-corrected chi connectivity index (χ0v) is 22.0. The number of amidine groups is 1. The minimum atomic E-state index is -0.908. The Balaban J connectivity index is 1.32. The summed E-state index contributed by atoms with van der Waals surface area (Å²) in [5.74, 6) is -0.765. The lowest BCUT2D eigenvalue weighted by molar-refractivity contribution is -0.147. The van der Waals surface area contributed by atoms with E-state index >= 15 is 0 Å². The van der Waals surface area contributed by atoms with Gasteiger partial charge in [0.2, 0.25) is 5.91 Å². The predicted molar refractivity (Wildman–Crippen MR) is 148 cm³/mol. The van der Waals surface area contributed by atoms with Gasteiger partial charge in [0.25, 0.3) is 0 Å². The number of nitrogen functional groups attached to an aromatic ring is 1. The fourth-order valence-electron chi connectivity index (χ4n) is 6.47. The van der Waals surface area contributed by atoms with Crippen molar-refractivity contribution in [3.05, 3.63) is 71.4 Å². The van der Waals surface area contributed by atoms with E-state index in [0.29, 0.717) is 13.0 Å². The topological polar surface area (TPSA) is 116 Å². The average Bonchev–Trinajstić information content (AvgIpc) is 3.65. The quantitative estimate of drug-likeness (QED) is 0.292. The Morgan fingerprint density at radius 1 is 1.08 bits per heavy atom. The minimum absolute atomic E-state index is 0.0655. The second-order valence-corrected chi connectivity index (χ2v) is 10.5. The normalized spacial score (nSPS) is 20.7. The minimum Gasteiger partial charge on any atom is -0.480 e. The number of benzene rings is 2. The number of fused-ring (bicyclic) bond motifs is 1. The number of hydrogen-bond acceptors (Lipinski definition) is 4. The Labute approximate surface area is 223 Å². The highest BCUT2D eigenvalue weighted by Gasteiger charge is 2.43. The molecule has 3 heterocycles. The van der Waals surface area contributed by atoms with Crippen LogP contribution in [-0.4, -0.2) is 62.4 Å². The molecule has 0 saturated carbocycles. The van der Waals surface area contributed by atoms with Crippen molar-refractivity contribution in [1.82, 2.24) is 14.4 Å². The fraction of sp³-hybridized carbons (Fsp3) is 0.433. The van der Waals surface area contributed by atoms with Crippen molar-refractivity contribution >= 4 is 28.6 Å². The molecular formula is C30H37N5O3. The lowest BCUT2D eigenvalue weighted by Gasteiger charge is -2.34. The molecule has 1 amide bonds. The molecule has 38 heavy (non-hydrogen) atoms. The Morgan fingerprint density at radius 3 is 2.55 bits per heavy atom. The summed E-state index contributed by atoms with van der Waals surface area (Å²) in [6.07, 6.45) is 5.19. The molecule has 2 aliphatic heterocycles. The van der Waals surface area contributed by atoms with Gasteiger partial charge in [-0.1, -0.05) is 42.5 Å². The Bertz CT molecular complexity index is 1330. The number of aliphatic carboxylic acids is 1. The maximum atomic E-state index is 13.9. The monoisotopic (exact) mass is 515 g/mol. The van der Waals surface area contributed by atoms with Crippen LogP contribution in [0.15, 0.2) is 54.6 Å². The molecule has 0 radical (unpaired) electrons. The van der Waals surface area contributed by atoms with Gasteiger partial charge in [-0.3, -0.25) is 19.9 Å². The van der Waals surface area contributed by atoms with Gasteiger partial charge in [0.05, 0.1) is 6.04 Å². The van der Waals surface area contributed by atoms with Crippen LogP contribution in [0, 0.1) is 5.41 Å². The van der Waals surface area contributed by atoms with E-state index in [9.17, 15) is 14.7 Å². The van der Waals surface area contributed by atoms with Crippen molar-refractivity contribution in [3.63, 3.8) is 0 Å². The molecule has 2 fully saturated rings. The summed E-state index contributed by atoms with van der Waals surface area (Å²) >= 11 is 0. The van der Waals surface area contributed by atoms with E-state index in [1.807, 2.05) is 58.3 Å². The molecule has 0 aliphatic carbocycles. The second kappa shape index (κ2) is 11.0. The summed E-state index contributed by atoms with van der Waals surface area (Å²) in [5, 5.41) is 19.0. The van der Waals surface area contributed by atoms with Gasteiger partial charge in [0.15, 0.2) is 0 Å². The van der Waals surface area contributed by atoms with E-state index in [-0.39, 0.29) is 17.8 Å². The van der Waals surface area contributed by atoms with Crippen molar-refractivity contribution in [2.24, 2.45) is 5.73 Å². The zero-order chi connectivity index (χ0) is 26.8. The fourth-order valence-corrected chi connectivity index (χ4v) is 6.47. The van der Waals surface area contributed by atoms with E-state index < -0.39 is 18.1 Å². The van der Waals surface area contributed by atoms with Gasteiger partial charge in [0.1, 0.15) is 11.9 Å². The summed E-state index contributed by atoms with van der Waals surface area (Å²) in [6, 6.07) is 16.3. The first-order chi connectivity index (χ1) is 18.4. The third-order valence-electron chi connectivity index (χ3n) is 8.27. The number of likely N-dealkylation sites (tertiary alicyclic amines) is 2. The van der Waals surface area contributed by atoms with Gasteiger partial charge in [0, 0.05) is 42.5 Å². The highest BCUT2D eigenvalue weighted by Crippen LogP contribution is 2.33. The molecule has 0 bridgehead atoms. The van der Waals surface area contributed by atoms with Crippen molar-refractivity contribution in [2.45, 2.75) is 70.1 Å². The highest BCUT2D eigenvalue weighted by molar-refractivity contribution is 5.98. The van der Waals surface area contributed by atoms with Crippen LogP contribution < -0.4 is 5.73 Å². The van der Waals surface area contributed by atoms with E-state index in [0.717, 1.165) is 67.2 Å². The number of carbonyl (C=O) groups is 2. The molecule has 3 atom stereocenters. The maximum Gasteiger partial charge on any atom is 0.325 e. The van der Waals surface area contributed by atoms with Crippen LogP contribution in [0.2, 0.25) is 0 Å². The maximum absolute atomic E-state index is 13.9. The number of rotatable bonds is 9. The first kappa shape index (κ1) is 26.0. The molecule has 2 saturated heterocycles. The molecule has 8 nitrogen and oxygen atoms in total. The van der Waals surface area contributed by atoms with Gasteiger partial charge < -0.3 is 20.3 Å². The number of nitrogens with two attached hydrogens (primary N) is 1. The van der Waals surface area contributed by atoms with E-state index in [1.165, 1.54) is 5.69 Å². The average molecular weight is 516 g/mol. The van der Waals surface area contributed by atoms with Crippen LogP contribution in [0.3, 0.4) is 0 Å². The molecule has 200 valence electrons. The van der Waals surface area contributed by atoms with Crippen LogP contribution in [0.1, 0.15) is 61.9 Å². The number of hydrogen-bond donors (Lipinski definition) is 3. The van der Waals surface area contributed by atoms with E-state index in [2.05, 4.69) is 17.6 Å². The highest BCUT2D eigenvalue weighted by atomic mass is 16.4. The molecule has 1 aromatic heterocycles. The Kier molecular flexibility index (Phi) is 7.51. The number of nitrogens with zero attached hydrogens (tertiary/aromatic N) is 3. The predicted octanol–water partition coefficient (Wildman–Crippen LogP) is 4.16. The Hall–Kier alpha value is -3.65.